The molecular weight excluding hydrogens is 344 g/mol. The largest absolute Gasteiger partial charge is 0.229 e. The first kappa shape index (κ1) is 27.5. The predicted molar refractivity (Wildman–Crippen MR) is 123 cm³/mol. The van der Waals surface area contributed by atoms with E-state index in [2.05, 4.69) is 25.7 Å². The lowest BCUT2D eigenvalue weighted by atomic mass is 10.0. The molecular formula is C26H50O2. The van der Waals surface area contributed by atoms with Crippen molar-refractivity contribution in [3.05, 3.63) is 0 Å². The second-order valence-electron chi connectivity index (χ2n) is 9.44. The van der Waals surface area contributed by atoms with Crippen LogP contribution in [0.4, 0.5) is 0 Å². The van der Waals surface area contributed by atoms with E-state index in [0.717, 1.165) is 12.8 Å². The van der Waals surface area contributed by atoms with Gasteiger partial charge in [-0.2, -0.15) is 0 Å². The summed E-state index contributed by atoms with van der Waals surface area (Å²) in [6.07, 6.45) is 21.4. The zero-order valence-corrected chi connectivity index (χ0v) is 20.1. The van der Waals surface area contributed by atoms with Gasteiger partial charge in [0.25, 0.3) is 0 Å². The molecule has 0 rings (SSSR count). The van der Waals surface area contributed by atoms with Crippen molar-refractivity contribution in [1.82, 2.24) is 0 Å². The number of hydrogen-bond acceptors (Lipinski definition) is 2. The Kier molecular flexibility index (Phi) is 17.0. The van der Waals surface area contributed by atoms with E-state index in [-0.39, 0.29) is 5.60 Å². The zero-order valence-electron chi connectivity index (χ0n) is 20.1. The van der Waals surface area contributed by atoms with E-state index in [9.17, 15) is 0 Å². The third kappa shape index (κ3) is 18.8. The Hall–Kier alpha value is -0.520. The fourth-order valence-corrected chi connectivity index (χ4v) is 2.98. The highest BCUT2D eigenvalue weighted by molar-refractivity contribution is 5.10. The van der Waals surface area contributed by atoms with E-state index in [1.165, 1.54) is 89.9 Å². The maximum Gasteiger partial charge on any atom is 0.158 e. The summed E-state index contributed by atoms with van der Waals surface area (Å²) >= 11 is 0. The lowest BCUT2D eigenvalue weighted by Gasteiger charge is -2.26. The second-order valence-corrected chi connectivity index (χ2v) is 9.44. The van der Waals surface area contributed by atoms with Crippen molar-refractivity contribution in [2.24, 2.45) is 0 Å². The summed E-state index contributed by atoms with van der Waals surface area (Å²) in [5.74, 6) is 6.47. The summed E-state index contributed by atoms with van der Waals surface area (Å²) in [6.45, 7) is 12.4. The van der Waals surface area contributed by atoms with Gasteiger partial charge in [-0.1, -0.05) is 103 Å². The third-order valence-electron chi connectivity index (χ3n) is 5.37. The standard InChI is InChI=1S/C26H50O2/c1-7-9-10-11-12-13-14-15-16-17-18-19-20-21-22-23-24-26(5,6)28-27-25(3,4)8-2/h7-22H2,1-6H3. The summed E-state index contributed by atoms with van der Waals surface area (Å²) in [4.78, 5) is 11.1. The first-order valence-corrected chi connectivity index (χ1v) is 12.2. The maximum atomic E-state index is 5.54. The number of unbranched alkanes of at least 4 members (excludes halogenated alkanes) is 14. The normalized spacial score (nSPS) is 12.1. The average molecular weight is 395 g/mol. The SMILES string of the molecule is CCCCCCCCCCCCCCCCC#CC(C)(C)OOC(C)(C)CC. The van der Waals surface area contributed by atoms with Crippen molar-refractivity contribution in [3.63, 3.8) is 0 Å². The molecule has 2 nitrogen and oxygen atoms in total. The van der Waals surface area contributed by atoms with Gasteiger partial charge in [0.05, 0.1) is 5.60 Å². The van der Waals surface area contributed by atoms with Crippen LogP contribution in [-0.2, 0) is 9.78 Å². The molecule has 166 valence electrons. The maximum absolute atomic E-state index is 5.54. The minimum absolute atomic E-state index is 0.256. The van der Waals surface area contributed by atoms with Crippen LogP contribution in [0.3, 0.4) is 0 Å². The molecule has 0 aliphatic carbocycles. The Balaban J connectivity index is 3.47. The molecule has 2 heteroatoms. The Bertz CT molecular complexity index is 400. The molecule has 0 spiro atoms. The van der Waals surface area contributed by atoms with Crippen molar-refractivity contribution < 1.29 is 9.78 Å². The third-order valence-corrected chi connectivity index (χ3v) is 5.37. The van der Waals surface area contributed by atoms with E-state index in [4.69, 9.17) is 9.78 Å². The Labute approximate surface area is 177 Å². The van der Waals surface area contributed by atoms with Gasteiger partial charge >= 0.3 is 0 Å². The van der Waals surface area contributed by atoms with Crippen molar-refractivity contribution in [1.29, 1.82) is 0 Å². The first-order chi connectivity index (χ1) is 13.3. The minimum atomic E-state index is -0.539. The summed E-state index contributed by atoms with van der Waals surface area (Å²) in [7, 11) is 0. The predicted octanol–water partition coefficient (Wildman–Crippen LogP) is 8.78. The summed E-state index contributed by atoms with van der Waals surface area (Å²) in [5, 5.41) is 0. The van der Waals surface area contributed by atoms with Gasteiger partial charge in [-0.3, -0.25) is 0 Å². The van der Waals surface area contributed by atoms with Gasteiger partial charge in [0.15, 0.2) is 5.60 Å². The summed E-state index contributed by atoms with van der Waals surface area (Å²) in [5.41, 5.74) is -0.796. The van der Waals surface area contributed by atoms with Crippen LogP contribution in [0.2, 0.25) is 0 Å². The molecule has 0 atom stereocenters. The molecule has 0 fully saturated rings. The topological polar surface area (TPSA) is 18.5 Å². The minimum Gasteiger partial charge on any atom is -0.229 e. The number of rotatable bonds is 18. The van der Waals surface area contributed by atoms with Crippen molar-refractivity contribution in [2.75, 3.05) is 0 Å². The molecule has 0 amide bonds. The lowest BCUT2D eigenvalue weighted by Crippen LogP contribution is -2.31. The fourth-order valence-electron chi connectivity index (χ4n) is 2.98. The van der Waals surface area contributed by atoms with Gasteiger partial charge in [0, 0.05) is 6.42 Å². The molecule has 0 saturated carbocycles. The fraction of sp³-hybridized carbons (Fsp3) is 0.923. The Morgan fingerprint density at radius 3 is 1.43 bits per heavy atom. The highest BCUT2D eigenvalue weighted by atomic mass is 17.2. The Morgan fingerprint density at radius 1 is 0.571 bits per heavy atom. The smallest absolute Gasteiger partial charge is 0.158 e. The molecule has 0 unspecified atom stereocenters. The number of hydrogen-bond donors (Lipinski definition) is 0. The van der Waals surface area contributed by atoms with Crippen LogP contribution in [0.1, 0.15) is 144 Å². The molecule has 0 bridgehead atoms. The lowest BCUT2D eigenvalue weighted by molar-refractivity contribution is -0.388. The van der Waals surface area contributed by atoms with Gasteiger partial charge < -0.3 is 0 Å². The molecule has 0 aromatic rings. The van der Waals surface area contributed by atoms with Crippen molar-refractivity contribution >= 4 is 0 Å². The molecule has 0 aliphatic heterocycles. The summed E-state index contributed by atoms with van der Waals surface area (Å²) in [6, 6.07) is 0. The highest BCUT2D eigenvalue weighted by Gasteiger charge is 2.23. The first-order valence-electron chi connectivity index (χ1n) is 12.2. The van der Waals surface area contributed by atoms with E-state index in [1.807, 2.05) is 27.7 Å². The van der Waals surface area contributed by atoms with Crippen LogP contribution >= 0.6 is 0 Å². The molecule has 0 N–H and O–H groups in total. The molecule has 0 heterocycles. The average Bonchev–Trinajstić information content (AvgIpc) is 2.66. The van der Waals surface area contributed by atoms with Crippen LogP contribution in [0.25, 0.3) is 0 Å². The van der Waals surface area contributed by atoms with Crippen LogP contribution in [-0.4, -0.2) is 11.2 Å². The molecule has 0 aliphatic rings. The molecule has 0 aromatic carbocycles. The van der Waals surface area contributed by atoms with E-state index >= 15 is 0 Å². The van der Waals surface area contributed by atoms with Crippen LogP contribution in [0, 0.1) is 11.8 Å². The van der Waals surface area contributed by atoms with E-state index in [0.29, 0.717) is 0 Å². The van der Waals surface area contributed by atoms with Crippen molar-refractivity contribution in [2.45, 2.75) is 155 Å². The Morgan fingerprint density at radius 2 is 1.00 bits per heavy atom. The monoisotopic (exact) mass is 394 g/mol. The van der Waals surface area contributed by atoms with Crippen LogP contribution in [0.5, 0.6) is 0 Å². The van der Waals surface area contributed by atoms with Gasteiger partial charge in [-0.15, -0.1) is 5.92 Å². The van der Waals surface area contributed by atoms with Gasteiger partial charge in [-0.25, -0.2) is 9.78 Å². The van der Waals surface area contributed by atoms with E-state index < -0.39 is 5.60 Å². The highest BCUT2D eigenvalue weighted by Crippen LogP contribution is 2.19. The molecule has 0 radical (unpaired) electrons. The second kappa shape index (κ2) is 17.3. The quantitative estimate of drug-likeness (QED) is 0.100. The van der Waals surface area contributed by atoms with Crippen molar-refractivity contribution in [3.8, 4) is 11.8 Å². The van der Waals surface area contributed by atoms with Gasteiger partial charge in [0.1, 0.15) is 0 Å². The molecule has 28 heavy (non-hydrogen) atoms. The summed E-state index contributed by atoms with van der Waals surface area (Å²) < 4.78 is 0. The van der Waals surface area contributed by atoms with Gasteiger partial charge in [-0.05, 0) is 40.5 Å². The van der Waals surface area contributed by atoms with Crippen LogP contribution < -0.4 is 0 Å². The molecule has 0 aromatic heterocycles. The van der Waals surface area contributed by atoms with E-state index in [1.54, 1.807) is 0 Å². The molecule has 0 saturated heterocycles. The van der Waals surface area contributed by atoms with Crippen LogP contribution in [0.15, 0.2) is 0 Å². The van der Waals surface area contributed by atoms with Gasteiger partial charge in [0.2, 0.25) is 0 Å². The zero-order chi connectivity index (χ0) is 21.1.